The summed E-state index contributed by atoms with van der Waals surface area (Å²) in [6.07, 6.45) is 2.89. The summed E-state index contributed by atoms with van der Waals surface area (Å²) >= 11 is 3.61. The molecule has 1 aliphatic heterocycles. The predicted octanol–water partition coefficient (Wildman–Crippen LogP) is 2.27. The quantitative estimate of drug-likeness (QED) is 0.890. The maximum absolute atomic E-state index is 10.8. The average Bonchev–Trinajstić information content (AvgIpc) is 2.67. The van der Waals surface area contributed by atoms with E-state index in [0.717, 1.165) is 48.3 Å². The largest absolute Gasteiger partial charge is 0.389 e. The van der Waals surface area contributed by atoms with Crippen LogP contribution in [-0.4, -0.2) is 33.6 Å². The molecule has 2 atom stereocenters. The lowest BCUT2D eigenvalue weighted by molar-refractivity contribution is -0.0119. The molecular weight excluding hydrogens is 306 g/mol. The molecule has 1 saturated heterocycles. The van der Waals surface area contributed by atoms with Gasteiger partial charge in [0.25, 0.3) is 0 Å². The van der Waals surface area contributed by atoms with Gasteiger partial charge in [-0.1, -0.05) is 0 Å². The Morgan fingerprint density at radius 2 is 2.32 bits per heavy atom. The lowest BCUT2D eigenvalue weighted by Gasteiger charge is -2.36. The summed E-state index contributed by atoms with van der Waals surface area (Å²) in [6.45, 7) is 8.85. The Labute approximate surface area is 123 Å². The molecule has 0 aromatic carbocycles. The van der Waals surface area contributed by atoms with E-state index in [1.54, 1.807) is 0 Å². The van der Waals surface area contributed by atoms with Gasteiger partial charge in [-0.3, -0.25) is 4.68 Å². The average molecular weight is 330 g/mol. The van der Waals surface area contributed by atoms with E-state index >= 15 is 0 Å². The second-order valence-corrected chi connectivity index (χ2v) is 6.53. The molecule has 2 unspecified atom stereocenters. The Kier molecular flexibility index (Phi) is 4.69. The van der Waals surface area contributed by atoms with Crippen LogP contribution >= 0.6 is 15.9 Å². The van der Waals surface area contributed by atoms with Crippen LogP contribution in [0.2, 0.25) is 0 Å². The second kappa shape index (κ2) is 5.94. The van der Waals surface area contributed by atoms with Crippen molar-refractivity contribution in [1.29, 1.82) is 0 Å². The van der Waals surface area contributed by atoms with E-state index < -0.39 is 5.60 Å². The van der Waals surface area contributed by atoms with Gasteiger partial charge in [0, 0.05) is 25.4 Å². The summed E-state index contributed by atoms with van der Waals surface area (Å²) in [5, 5.41) is 18.7. The molecule has 0 amide bonds. The highest BCUT2D eigenvalue weighted by molar-refractivity contribution is 9.10. The fourth-order valence-corrected chi connectivity index (χ4v) is 3.33. The number of hydrogen-bond acceptors (Lipinski definition) is 3. The smallest absolute Gasteiger partial charge is 0.0738 e. The van der Waals surface area contributed by atoms with Gasteiger partial charge in [-0.15, -0.1) is 0 Å². The Balaban J connectivity index is 2.19. The highest BCUT2D eigenvalue weighted by Crippen LogP contribution is 2.31. The van der Waals surface area contributed by atoms with Crippen molar-refractivity contribution in [2.75, 3.05) is 13.1 Å². The van der Waals surface area contributed by atoms with Gasteiger partial charge in [-0.2, -0.15) is 5.10 Å². The number of rotatable bonds is 4. The Morgan fingerprint density at radius 1 is 1.58 bits per heavy atom. The van der Waals surface area contributed by atoms with E-state index in [1.165, 1.54) is 0 Å². The first-order chi connectivity index (χ1) is 8.95. The molecule has 1 aromatic rings. The topological polar surface area (TPSA) is 50.1 Å². The summed E-state index contributed by atoms with van der Waals surface area (Å²) < 4.78 is 3.03. The summed E-state index contributed by atoms with van der Waals surface area (Å²) in [4.78, 5) is 0. The van der Waals surface area contributed by atoms with Crippen LogP contribution in [0.5, 0.6) is 0 Å². The van der Waals surface area contributed by atoms with Gasteiger partial charge in [0.05, 0.1) is 21.5 Å². The fourth-order valence-electron chi connectivity index (χ4n) is 2.90. The normalized spacial score (nSPS) is 23.3. The molecule has 0 spiro atoms. The van der Waals surface area contributed by atoms with Gasteiger partial charge in [0.2, 0.25) is 0 Å². The van der Waals surface area contributed by atoms with Crippen LogP contribution in [0.4, 0.5) is 0 Å². The summed E-state index contributed by atoms with van der Waals surface area (Å²) in [6, 6.07) is 0. The fraction of sp³-hybridized carbons (Fsp3) is 0.786. The molecule has 2 heterocycles. The van der Waals surface area contributed by atoms with Crippen molar-refractivity contribution in [2.45, 2.75) is 52.2 Å². The molecule has 0 radical (unpaired) electrons. The minimum atomic E-state index is -0.685. The van der Waals surface area contributed by atoms with Crippen molar-refractivity contribution >= 4 is 15.9 Å². The third-order valence-corrected chi connectivity index (χ3v) is 5.19. The van der Waals surface area contributed by atoms with Crippen LogP contribution in [-0.2, 0) is 13.0 Å². The zero-order valence-electron chi connectivity index (χ0n) is 12.0. The number of piperidine rings is 1. The molecule has 0 aliphatic carbocycles. The second-order valence-electron chi connectivity index (χ2n) is 5.74. The number of hydrogen-bond donors (Lipinski definition) is 2. The number of nitrogens with zero attached hydrogens (tertiary/aromatic N) is 2. The Morgan fingerprint density at radius 3 is 2.89 bits per heavy atom. The van der Waals surface area contributed by atoms with Crippen molar-refractivity contribution in [1.82, 2.24) is 15.1 Å². The molecular formula is C14H24BrN3O. The lowest BCUT2D eigenvalue weighted by atomic mass is 9.80. The summed E-state index contributed by atoms with van der Waals surface area (Å²) in [7, 11) is 0. The summed E-state index contributed by atoms with van der Waals surface area (Å²) in [5.41, 5.74) is 1.42. The van der Waals surface area contributed by atoms with E-state index in [0.29, 0.717) is 12.3 Å². The molecule has 2 N–H and O–H groups in total. The van der Waals surface area contributed by atoms with Gasteiger partial charge in [0.1, 0.15) is 0 Å². The van der Waals surface area contributed by atoms with E-state index in [4.69, 9.17) is 0 Å². The maximum Gasteiger partial charge on any atom is 0.0738 e. The number of aromatic nitrogens is 2. The van der Waals surface area contributed by atoms with E-state index in [2.05, 4.69) is 33.3 Å². The zero-order valence-corrected chi connectivity index (χ0v) is 13.6. The van der Waals surface area contributed by atoms with Crippen LogP contribution in [0, 0.1) is 12.8 Å². The monoisotopic (exact) mass is 329 g/mol. The summed E-state index contributed by atoms with van der Waals surface area (Å²) in [5.74, 6) is 0.314. The van der Waals surface area contributed by atoms with Gasteiger partial charge in [-0.25, -0.2) is 0 Å². The molecule has 5 heteroatoms. The molecule has 4 nitrogen and oxygen atoms in total. The highest BCUT2D eigenvalue weighted by atomic mass is 79.9. The first kappa shape index (κ1) is 15.0. The van der Waals surface area contributed by atoms with Crippen LogP contribution in [0.3, 0.4) is 0 Å². The van der Waals surface area contributed by atoms with Crippen molar-refractivity contribution < 1.29 is 5.11 Å². The number of aryl methyl sites for hydroxylation is 2. The minimum Gasteiger partial charge on any atom is -0.389 e. The molecule has 1 aromatic heterocycles. The molecule has 108 valence electrons. The van der Waals surface area contributed by atoms with Gasteiger partial charge in [-0.05, 0) is 56.1 Å². The van der Waals surface area contributed by atoms with E-state index in [-0.39, 0.29) is 0 Å². The van der Waals surface area contributed by atoms with Crippen molar-refractivity contribution in [3.63, 3.8) is 0 Å². The van der Waals surface area contributed by atoms with Gasteiger partial charge < -0.3 is 10.4 Å². The van der Waals surface area contributed by atoms with Crippen LogP contribution in [0.15, 0.2) is 4.47 Å². The molecule has 1 aliphatic rings. The van der Waals surface area contributed by atoms with Gasteiger partial charge >= 0.3 is 0 Å². The van der Waals surface area contributed by atoms with Crippen LogP contribution in [0.1, 0.15) is 38.1 Å². The van der Waals surface area contributed by atoms with Crippen molar-refractivity contribution in [2.24, 2.45) is 5.92 Å². The third-order valence-electron chi connectivity index (χ3n) is 4.15. The third kappa shape index (κ3) is 3.20. The SMILES string of the molecule is CCn1nc(C)c(Br)c1CC(C)(O)C1CCCNC1. The number of halogens is 1. The van der Waals surface area contributed by atoms with Crippen molar-refractivity contribution in [3.05, 3.63) is 15.9 Å². The Hall–Kier alpha value is -0.390. The van der Waals surface area contributed by atoms with E-state index in [9.17, 15) is 5.11 Å². The zero-order chi connectivity index (χ0) is 14.0. The number of aliphatic hydroxyl groups is 1. The number of nitrogens with one attached hydrogen (secondary N) is 1. The maximum atomic E-state index is 10.8. The highest BCUT2D eigenvalue weighted by Gasteiger charge is 2.34. The Bertz CT molecular complexity index is 436. The molecule has 1 fully saturated rings. The van der Waals surface area contributed by atoms with Crippen molar-refractivity contribution in [3.8, 4) is 0 Å². The molecule has 0 bridgehead atoms. The van der Waals surface area contributed by atoms with Crippen LogP contribution in [0.25, 0.3) is 0 Å². The first-order valence-electron chi connectivity index (χ1n) is 7.10. The van der Waals surface area contributed by atoms with E-state index in [1.807, 2.05) is 18.5 Å². The first-order valence-corrected chi connectivity index (χ1v) is 7.90. The lowest BCUT2D eigenvalue weighted by Crippen LogP contribution is -2.46. The minimum absolute atomic E-state index is 0.314. The predicted molar refractivity (Wildman–Crippen MR) is 80.3 cm³/mol. The van der Waals surface area contributed by atoms with Crippen LogP contribution < -0.4 is 5.32 Å². The standard InChI is InChI=1S/C14H24BrN3O/c1-4-18-12(13(15)10(2)17-18)8-14(3,19)11-6-5-7-16-9-11/h11,16,19H,4-9H2,1-3H3. The molecule has 19 heavy (non-hydrogen) atoms. The molecule has 2 rings (SSSR count). The molecule has 0 saturated carbocycles. The van der Waals surface area contributed by atoms with Gasteiger partial charge in [0.15, 0.2) is 0 Å².